The molecule has 1 atom stereocenters. The molecule has 2 heteroatoms. The van der Waals surface area contributed by atoms with Crippen molar-refractivity contribution in [1.29, 1.82) is 0 Å². The van der Waals surface area contributed by atoms with Crippen LogP contribution in [-0.4, -0.2) is 31.7 Å². The zero-order chi connectivity index (χ0) is 7.56. The summed E-state index contributed by atoms with van der Waals surface area (Å²) in [5, 5.41) is 1.68. The molecular formula is C7H16N2. The lowest BCUT2D eigenvalue weighted by Gasteiger charge is -2.29. The minimum Gasteiger partial charge on any atom is -0.302 e. The SMILES string of the molecule is [2H]N1CCCCC1N(C)C. The molecule has 0 saturated carbocycles. The fourth-order valence-corrected chi connectivity index (χ4v) is 1.19. The molecule has 1 aliphatic rings. The molecule has 1 aliphatic heterocycles. The van der Waals surface area contributed by atoms with Crippen LogP contribution in [0.5, 0.6) is 0 Å². The molecule has 0 aromatic carbocycles. The lowest BCUT2D eigenvalue weighted by atomic mass is 10.1. The van der Waals surface area contributed by atoms with Gasteiger partial charge in [-0.05, 0) is 39.9 Å². The Balaban J connectivity index is 2.40. The van der Waals surface area contributed by atoms with E-state index in [9.17, 15) is 0 Å². The molecule has 0 amide bonds. The van der Waals surface area contributed by atoms with Gasteiger partial charge in [-0.15, -0.1) is 0 Å². The van der Waals surface area contributed by atoms with Crippen LogP contribution >= 0.6 is 0 Å². The van der Waals surface area contributed by atoms with Crippen LogP contribution in [0.3, 0.4) is 0 Å². The Morgan fingerprint density at radius 3 is 2.78 bits per heavy atom. The number of rotatable bonds is 1. The van der Waals surface area contributed by atoms with Crippen LogP contribution in [0, 0.1) is 0 Å². The first-order valence-corrected chi connectivity index (χ1v) is 3.64. The van der Waals surface area contributed by atoms with E-state index in [0.717, 1.165) is 13.0 Å². The average molecular weight is 129 g/mol. The molecule has 0 radical (unpaired) electrons. The first-order chi connectivity index (χ1) is 4.72. The van der Waals surface area contributed by atoms with Crippen molar-refractivity contribution in [2.24, 2.45) is 0 Å². The second kappa shape index (κ2) is 3.18. The van der Waals surface area contributed by atoms with Gasteiger partial charge in [-0.1, -0.05) is 0 Å². The first kappa shape index (κ1) is 5.69. The van der Waals surface area contributed by atoms with Gasteiger partial charge in [-0.3, -0.25) is 4.90 Å². The Hall–Kier alpha value is -0.0800. The second-order valence-corrected chi connectivity index (χ2v) is 2.85. The van der Waals surface area contributed by atoms with E-state index < -0.39 is 0 Å². The van der Waals surface area contributed by atoms with Crippen molar-refractivity contribution in [2.75, 3.05) is 20.6 Å². The molecule has 1 unspecified atom stereocenters. The van der Waals surface area contributed by atoms with Crippen molar-refractivity contribution in [1.82, 2.24) is 10.2 Å². The molecule has 0 spiro atoms. The minimum absolute atomic E-state index is 0.355. The number of hydrogen-bond acceptors (Lipinski definition) is 2. The van der Waals surface area contributed by atoms with Crippen molar-refractivity contribution in [2.45, 2.75) is 25.4 Å². The zero-order valence-corrected chi connectivity index (χ0v) is 6.30. The number of nitrogens with one attached hydrogen (secondary N) is 1. The maximum Gasteiger partial charge on any atom is 0.124 e. The smallest absolute Gasteiger partial charge is 0.124 e. The third-order valence-corrected chi connectivity index (χ3v) is 1.81. The van der Waals surface area contributed by atoms with E-state index in [1.165, 1.54) is 12.8 Å². The fourth-order valence-electron chi connectivity index (χ4n) is 1.19. The van der Waals surface area contributed by atoms with E-state index in [1.54, 1.807) is 5.31 Å². The summed E-state index contributed by atoms with van der Waals surface area (Å²) >= 11 is 0. The van der Waals surface area contributed by atoms with Crippen LogP contribution in [0.15, 0.2) is 0 Å². The van der Waals surface area contributed by atoms with Gasteiger partial charge in [0, 0.05) is 0 Å². The minimum atomic E-state index is 0.355. The van der Waals surface area contributed by atoms with Crippen LogP contribution in [0.2, 0.25) is 1.41 Å². The molecule has 9 heavy (non-hydrogen) atoms. The van der Waals surface area contributed by atoms with Crippen molar-refractivity contribution >= 4 is 0 Å². The highest BCUT2D eigenvalue weighted by Gasteiger charge is 2.12. The second-order valence-electron chi connectivity index (χ2n) is 2.85. The van der Waals surface area contributed by atoms with Crippen molar-refractivity contribution < 1.29 is 1.41 Å². The Morgan fingerprint density at radius 2 is 2.33 bits per heavy atom. The van der Waals surface area contributed by atoms with Crippen LogP contribution < -0.4 is 5.31 Å². The summed E-state index contributed by atoms with van der Waals surface area (Å²) in [6.07, 6.45) is 3.97. The van der Waals surface area contributed by atoms with Gasteiger partial charge in [0.05, 0.1) is 6.17 Å². The number of piperidine rings is 1. The molecule has 1 rings (SSSR count). The van der Waals surface area contributed by atoms with Crippen LogP contribution in [0.1, 0.15) is 19.3 Å². The average Bonchev–Trinajstić information content (AvgIpc) is 1.88. The molecule has 1 heterocycles. The van der Waals surface area contributed by atoms with Gasteiger partial charge in [-0.25, -0.2) is 0 Å². The summed E-state index contributed by atoms with van der Waals surface area (Å²) in [4.78, 5) is 2.12. The van der Waals surface area contributed by atoms with Crippen molar-refractivity contribution in [3.8, 4) is 0 Å². The van der Waals surface area contributed by atoms with E-state index in [4.69, 9.17) is 1.41 Å². The lowest BCUT2D eigenvalue weighted by Crippen LogP contribution is -2.44. The molecule has 1 N–H and O–H groups in total. The van der Waals surface area contributed by atoms with Crippen LogP contribution in [-0.2, 0) is 0 Å². The summed E-state index contributed by atoms with van der Waals surface area (Å²) in [6.45, 7) is 0.933. The largest absolute Gasteiger partial charge is 0.302 e. The Morgan fingerprint density at radius 1 is 1.56 bits per heavy atom. The molecule has 1 fully saturated rings. The molecular weight excluding hydrogens is 112 g/mol. The third-order valence-electron chi connectivity index (χ3n) is 1.81. The van der Waals surface area contributed by atoms with Gasteiger partial charge in [0.1, 0.15) is 1.41 Å². The van der Waals surface area contributed by atoms with E-state index in [0.29, 0.717) is 6.17 Å². The van der Waals surface area contributed by atoms with Gasteiger partial charge in [0.25, 0.3) is 0 Å². The molecule has 0 aromatic rings. The van der Waals surface area contributed by atoms with Crippen LogP contribution in [0.25, 0.3) is 0 Å². The lowest BCUT2D eigenvalue weighted by molar-refractivity contribution is 0.205. The van der Waals surface area contributed by atoms with E-state index in [2.05, 4.69) is 4.90 Å². The van der Waals surface area contributed by atoms with E-state index >= 15 is 0 Å². The summed E-state index contributed by atoms with van der Waals surface area (Å²) in [7, 11) is 4.08. The van der Waals surface area contributed by atoms with Gasteiger partial charge in [0.15, 0.2) is 0 Å². The highest BCUT2D eigenvalue weighted by Crippen LogP contribution is 2.07. The topological polar surface area (TPSA) is 15.3 Å². The standard InChI is InChI=1S/C7H16N2/c1-9(2)7-5-3-4-6-8-7/h7-8H,3-6H2,1-2H3/i/hD. The summed E-state index contributed by atoms with van der Waals surface area (Å²) in [5.74, 6) is 0. The van der Waals surface area contributed by atoms with E-state index in [1.807, 2.05) is 14.1 Å². The normalized spacial score (nSPS) is 32.8. The van der Waals surface area contributed by atoms with Gasteiger partial charge in [-0.2, -0.15) is 0 Å². The summed E-state index contributed by atoms with van der Waals surface area (Å²) in [6, 6.07) is 0. The van der Waals surface area contributed by atoms with Crippen LogP contribution in [0.4, 0.5) is 0 Å². The zero-order valence-electron chi connectivity index (χ0n) is 7.30. The highest BCUT2D eigenvalue weighted by atomic mass is 15.2. The first-order valence-electron chi connectivity index (χ1n) is 4.08. The Kier molecular flexibility index (Phi) is 2.01. The Bertz CT molecular complexity index is 106. The fraction of sp³-hybridized carbons (Fsp3) is 1.00. The number of nitrogens with zero attached hydrogens (tertiary/aromatic N) is 1. The highest BCUT2D eigenvalue weighted by molar-refractivity contribution is 4.68. The predicted molar refractivity (Wildman–Crippen MR) is 39.3 cm³/mol. The van der Waals surface area contributed by atoms with Gasteiger partial charge >= 0.3 is 0 Å². The Labute approximate surface area is 58.7 Å². The molecule has 0 aliphatic carbocycles. The molecule has 1 saturated heterocycles. The maximum absolute atomic E-state index is 7.55. The quantitative estimate of drug-likeness (QED) is 0.559. The van der Waals surface area contributed by atoms with Gasteiger partial charge in [0.2, 0.25) is 0 Å². The number of hydrogen-bond donors (Lipinski definition) is 1. The monoisotopic (exact) mass is 129 g/mol. The van der Waals surface area contributed by atoms with E-state index in [-0.39, 0.29) is 0 Å². The maximum atomic E-state index is 7.55. The molecule has 2 nitrogen and oxygen atoms in total. The summed E-state index contributed by atoms with van der Waals surface area (Å²) in [5.41, 5.74) is 0. The molecule has 0 aromatic heterocycles. The molecule has 54 valence electrons. The predicted octanol–water partition coefficient (Wildman–Crippen LogP) is 0.648. The molecule has 0 bridgehead atoms. The third kappa shape index (κ3) is 1.95. The summed E-state index contributed by atoms with van der Waals surface area (Å²) < 4.78 is 7.55. The van der Waals surface area contributed by atoms with Crippen molar-refractivity contribution in [3.63, 3.8) is 0 Å². The van der Waals surface area contributed by atoms with Gasteiger partial charge < -0.3 is 5.31 Å². The van der Waals surface area contributed by atoms with Crippen molar-refractivity contribution in [3.05, 3.63) is 0 Å².